The first kappa shape index (κ1) is 11.9. The molecule has 0 aliphatic rings. The highest BCUT2D eigenvalue weighted by molar-refractivity contribution is 4.49. The summed E-state index contributed by atoms with van der Waals surface area (Å²) in [5.74, 6) is 1.10. The smallest absolute Gasteiger partial charge is 0.0469 e. The second kappa shape index (κ2) is 7.56. The highest BCUT2D eigenvalue weighted by Gasteiger charge is 1.99. The summed E-state index contributed by atoms with van der Waals surface area (Å²) in [5.41, 5.74) is 0. The van der Waals surface area contributed by atoms with Crippen molar-refractivity contribution in [3.63, 3.8) is 0 Å². The van der Waals surface area contributed by atoms with Gasteiger partial charge < -0.3 is 9.84 Å². The van der Waals surface area contributed by atoms with Gasteiger partial charge in [0, 0.05) is 19.8 Å². The lowest BCUT2D eigenvalue weighted by Crippen LogP contribution is -2.07. The molecule has 2 nitrogen and oxygen atoms in total. The lowest BCUT2D eigenvalue weighted by molar-refractivity contribution is 0.102. The molecule has 2 heteroatoms. The monoisotopic (exact) mass is 174 g/mol. The Labute approximate surface area is 75.9 Å². The molecule has 0 bridgehead atoms. The molecule has 1 atom stereocenters. The van der Waals surface area contributed by atoms with Crippen LogP contribution in [0.3, 0.4) is 0 Å². The maximum Gasteiger partial charge on any atom is 0.0469 e. The van der Waals surface area contributed by atoms with E-state index in [0.29, 0.717) is 5.92 Å². The lowest BCUT2D eigenvalue weighted by atomic mass is 10.1. The van der Waals surface area contributed by atoms with Crippen molar-refractivity contribution in [2.24, 2.45) is 11.8 Å². The summed E-state index contributed by atoms with van der Waals surface area (Å²) in [5, 5.41) is 8.72. The summed E-state index contributed by atoms with van der Waals surface area (Å²) in [6.45, 7) is 8.34. The van der Waals surface area contributed by atoms with Crippen LogP contribution in [0.1, 0.15) is 33.6 Å². The van der Waals surface area contributed by atoms with E-state index in [1.54, 1.807) is 0 Å². The van der Waals surface area contributed by atoms with E-state index in [0.717, 1.165) is 32.0 Å². The summed E-state index contributed by atoms with van der Waals surface area (Å²) in [7, 11) is 0. The van der Waals surface area contributed by atoms with Gasteiger partial charge in [-0.25, -0.2) is 0 Å². The second-order valence-electron chi connectivity index (χ2n) is 3.87. The van der Waals surface area contributed by atoms with Crippen molar-refractivity contribution >= 4 is 0 Å². The maximum atomic E-state index is 8.72. The van der Waals surface area contributed by atoms with Crippen LogP contribution in [0.25, 0.3) is 0 Å². The van der Waals surface area contributed by atoms with Gasteiger partial charge in [0.15, 0.2) is 0 Å². The Morgan fingerprint density at radius 3 is 2.17 bits per heavy atom. The fourth-order valence-electron chi connectivity index (χ4n) is 0.797. The molecule has 0 aromatic rings. The van der Waals surface area contributed by atoms with Crippen molar-refractivity contribution in [3.8, 4) is 0 Å². The molecule has 0 fully saturated rings. The van der Waals surface area contributed by atoms with Crippen molar-refractivity contribution < 1.29 is 9.84 Å². The van der Waals surface area contributed by atoms with Gasteiger partial charge in [-0.1, -0.05) is 20.8 Å². The van der Waals surface area contributed by atoms with Crippen molar-refractivity contribution in [2.75, 3.05) is 19.8 Å². The van der Waals surface area contributed by atoms with E-state index in [1.165, 1.54) is 0 Å². The molecule has 74 valence electrons. The van der Waals surface area contributed by atoms with E-state index >= 15 is 0 Å². The first-order valence-electron chi connectivity index (χ1n) is 4.85. The molecular weight excluding hydrogens is 152 g/mol. The topological polar surface area (TPSA) is 29.5 Å². The van der Waals surface area contributed by atoms with E-state index in [4.69, 9.17) is 9.84 Å². The van der Waals surface area contributed by atoms with Gasteiger partial charge in [-0.2, -0.15) is 0 Å². The van der Waals surface area contributed by atoms with Crippen LogP contribution in [0.2, 0.25) is 0 Å². The predicted molar refractivity (Wildman–Crippen MR) is 51.1 cm³/mol. The van der Waals surface area contributed by atoms with E-state index < -0.39 is 0 Å². The number of hydrogen-bond donors (Lipinski definition) is 1. The summed E-state index contributed by atoms with van der Waals surface area (Å²) in [6, 6.07) is 0. The van der Waals surface area contributed by atoms with Crippen LogP contribution >= 0.6 is 0 Å². The van der Waals surface area contributed by atoms with Crippen LogP contribution in [0.4, 0.5) is 0 Å². The van der Waals surface area contributed by atoms with Gasteiger partial charge in [-0.3, -0.25) is 0 Å². The molecule has 0 rings (SSSR count). The fraction of sp³-hybridized carbons (Fsp3) is 1.00. The zero-order chi connectivity index (χ0) is 9.40. The van der Waals surface area contributed by atoms with E-state index in [1.807, 2.05) is 6.92 Å². The average Bonchev–Trinajstić information content (AvgIpc) is 2.03. The lowest BCUT2D eigenvalue weighted by Gasteiger charge is -2.09. The second-order valence-corrected chi connectivity index (χ2v) is 3.87. The Balaban J connectivity index is 3.00. The highest BCUT2D eigenvalue weighted by atomic mass is 16.5. The molecule has 0 saturated heterocycles. The number of rotatable bonds is 7. The molecule has 0 spiro atoms. The number of ether oxygens (including phenoxy) is 1. The molecule has 0 amide bonds. The average molecular weight is 174 g/mol. The van der Waals surface area contributed by atoms with Gasteiger partial charge in [0.25, 0.3) is 0 Å². The van der Waals surface area contributed by atoms with Crippen LogP contribution in [-0.2, 0) is 4.74 Å². The van der Waals surface area contributed by atoms with Crippen molar-refractivity contribution in [1.82, 2.24) is 0 Å². The Bertz CT molecular complexity index is 91.8. The van der Waals surface area contributed by atoms with E-state index in [9.17, 15) is 0 Å². The quantitative estimate of drug-likeness (QED) is 0.599. The number of aliphatic hydroxyl groups excluding tert-OH is 1. The van der Waals surface area contributed by atoms with Crippen LogP contribution in [-0.4, -0.2) is 24.9 Å². The van der Waals surface area contributed by atoms with Gasteiger partial charge >= 0.3 is 0 Å². The zero-order valence-electron chi connectivity index (χ0n) is 8.55. The van der Waals surface area contributed by atoms with Crippen LogP contribution in [0, 0.1) is 11.8 Å². The fourth-order valence-corrected chi connectivity index (χ4v) is 0.797. The third kappa shape index (κ3) is 8.02. The third-order valence-electron chi connectivity index (χ3n) is 1.91. The first-order valence-corrected chi connectivity index (χ1v) is 4.85. The van der Waals surface area contributed by atoms with Crippen molar-refractivity contribution in [2.45, 2.75) is 33.6 Å². The van der Waals surface area contributed by atoms with Crippen LogP contribution in [0.5, 0.6) is 0 Å². The Kier molecular flexibility index (Phi) is 7.51. The number of hydrogen-bond acceptors (Lipinski definition) is 2. The van der Waals surface area contributed by atoms with Gasteiger partial charge in [0.05, 0.1) is 0 Å². The molecule has 0 aliphatic heterocycles. The minimum Gasteiger partial charge on any atom is -0.396 e. The molecular formula is C10H22O2. The first-order chi connectivity index (χ1) is 5.66. The van der Waals surface area contributed by atoms with Gasteiger partial charge in [-0.15, -0.1) is 0 Å². The largest absolute Gasteiger partial charge is 0.396 e. The summed E-state index contributed by atoms with van der Waals surface area (Å²) < 4.78 is 5.41. The van der Waals surface area contributed by atoms with Gasteiger partial charge in [0.1, 0.15) is 0 Å². The molecule has 12 heavy (non-hydrogen) atoms. The highest BCUT2D eigenvalue weighted by Crippen LogP contribution is 2.02. The molecule has 1 N–H and O–H groups in total. The Morgan fingerprint density at radius 2 is 1.67 bits per heavy atom. The van der Waals surface area contributed by atoms with Gasteiger partial charge in [-0.05, 0) is 24.7 Å². The standard InChI is InChI=1S/C10H22O2/c1-9(2)4-6-12-7-5-10(3)8-11/h9-11H,4-8H2,1-3H3. The summed E-state index contributed by atoms with van der Waals surface area (Å²) in [4.78, 5) is 0. The maximum absolute atomic E-state index is 8.72. The third-order valence-corrected chi connectivity index (χ3v) is 1.91. The minimum atomic E-state index is 0.271. The SMILES string of the molecule is CC(C)CCOCCC(C)CO. The molecule has 0 aliphatic carbocycles. The van der Waals surface area contributed by atoms with E-state index in [2.05, 4.69) is 13.8 Å². The molecule has 0 saturated carbocycles. The van der Waals surface area contributed by atoms with Gasteiger partial charge in [0.2, 0.25) is 0 Å². The normalized spacial score (nSPS) is 13.8. The minimum absolute atomic E-state index is 0.271. The summed E-state index contributed by atoms with van der Waals surface area (Å²) >= 11 is 0. The van der Waals surface area contributed by atoms with Crippen LogP contribution < -0.4 is 0 Å². The van der Waals surface area contributed by atoms with Crippen LogP contribution in [0.15, 0.2) is 0 Å². The Morgan fingerprint density at radius 1 is 1.08 bits per heavy atom. The summed E-state index contributed by atoms with van der Waals surface area (Å²) in [6.07, 6.45) is 2.10. The molecule has 0 heterocycles. The molecule has 1 unspecified atom stereocenters. The van der Waals surface area contributed by atoms with Crippen molar-refractivity contribution in [1.29, 1.82) is 0 Å². The molecule has 0 aromatic carbocycles. The molecule has 0 radical (unpaired) electrons. The molecule has 0 aromatic heterocycles. The Hall–Kier alpha value is -0.0800. The predicted octanol–water partition coefficient (Wildman–Crippen LogP) is 2.07. The zero-order valence-corrected chi connectivity index (χ0v) is 8.55. The number of aliphatic hydroxyl groups is 1. The van der Waals surface area contributed by atoms with E-state index in [-0.39, 0.29) is 6.61 Å². The van der Waals surface area contributed by atoms with Crippen molar-refractivity contribution in [3.05, 3.63) is 0 Å².